The van der Waals surface area contributed by atoms with Crippen LogP contribution in [0.4, 0.5) is 0 Å². The summed E-state index contributed by atoms with van der Waals surface area (Å²) in [5, 5.41) is 3.68. The van der Waals surface area contributed by atoms with Gasteiger partial charge in [-0.3, -0.25) is 0 Å². The zero-order valence-electron chi connectivity index (χ0n) is 11.8. The highest BCUT2D eigenvalue weighted by atomic mass is 15.2. The van der Waals surface area contributed by atoms with Gasteiger partial charge in [-0.25, -0.2) is 0 Å². The van der Waals surface area contributed by atoms with Crippen LogP contribution < -0.4 is 5.32 Å². The third-order valence-corrected chi connectivity index (χ3v) is 4.93. The molecule has 0 aromatic heterocycles. The molecular formula is C15H30N2. The molecule has 1 saturated carbocycles. The van der Waals surface area contributed by atoms with Crippen LogP contribution in [0.3, 0.4) is 0 Å². The summed E-state index contributed by atoms with van der Waals surface area (Å²) in [5.74, 6) is 0. The summed E-state index contributed by atoms with van der Waals surface area (Å²) in [6.07, 6.45) is 9.91. The molecule has 1 unspecified atom stereocenters. The van der Waals surface area contributed by atoms with Crippen molar-refractivity contribution in [3.8, 4) is 0 Å². The first-order valence-corrected chi connectivity index (χ1v) is 7.74. The lowest BCUT2D eigenvalue weighted by Crippen LogP contribution is -2.37. The van der Waals surface area contributed by atoms with Crippen LogP contribution in [0.25, 0.3) is 0 Å². The second-order valence-corrected chi connectivity index (χ2v) is 6.24. The van der Waals surface area contributed by atoms with Crippen molar-refractivity contribution in [2.75, 3.05) is 26.2 Å². The first-order chi connectivity index (χ1) is 8.28. The fourth-order valence-electron chi connectivity index (χ4n) is 3.71. The number of rotatable bonds is 6. The minimum absolute atomic E-state index is 0.680. The molecule has 1 aliphatic carbocycles. The molecule has 1 heterocycles. The van der Waals surface area contributed by atoms with Gasteiger partial charge in [-0.05, 0) is 50.6 Å². The minimum atomic E-state index is 0.680. The smallest absolute Gasteiger partial charge is 0.0207 e. The van der Waals surface area contributed by atoms with E-state index in [9.17, 15) is 0 Å². The van der Waals surface area contributed by atoms with Crippen molar-refractivity contribution in [2.45, 2.75) is 64.8 Å². The Kier molecular flexibility index (Phi) is 4.87. The van der Waals surface area contributed by atoms with Gasteiger partial charge in [-0.2, -0.15) is 0 Å². The number of nitrogens with one attached hydrogen (secondary N) is 1. The van der Waals surface area contributed by atoms with E-state index in [0.717, 1.165) is 6.04 Å². The number of nitrogens with zero attached hydrogens (tertiary/aromatic N) is 1. The molecule has 2 nitrogen and oxygen atoms in total. The highest BCUT2D eigenvalue weighted by molar-refractivity contribution is 4.90. The average Bonchev–Trinajstić information content (AvgIpc) is 2.97. The molecule has 2 aliphatic rings. The SMILES string of the molecule is CCCNC1CCN(CC2(CC)CCCC2)C1. The molecule has 0 radical (unpaired) electrons. The summed E-state index contributed by atoms with van der Waals surface area (Å²) in [6.45, 7) is 9.83. The van der Waals surface area contributed by atoms with Crippen molar-refractivity contribution in [3.63, 3.8) is 0 Å². The van der Waals surface area contributed by atoms with Crippen LogP contribution >= 0.6 is 0 Å². The molecule has 1 aliphatic heterocycles. The van der Waals surface area contributed by atoms with E-state index in [4.69, 9.17) is 0 Å². The Bertz CT molecular complexity index is 221. The maximum atomic E-state index is 3.68. The average molecular weight is 238 g/mol. The van der Waals surface area contributed by atoms with E-state index >= 15 is 0 Å². The largest absolute Gasteiger partial charge is 0.313 e. The molecule has 0 aromatic rings. The minimum Gasteiger partial charge on any atom is -0.313 e. The van der Waals surface area contributed by atoms with Crippen LogP contribution in [0.15, 0.2) is 0 Å². The highest BCUT2D eigenvalue weighted by Gasteiger charge is 2.35. The van der Waals surface area contributed by atoms with Gasteiger partial charge < -0.3 is 10.2 Å². The van der Waals surface area contributed by atoms with Gasteiger partial charge in [-0.15, -0.1) is 0 Å². The summed E-state index contributed by atoms with van der Waals surface area (Å²) in [6, 6.07) is 0.769. The molecule has 2 fully saturated rings. The zero-order chi connectivity index (χ0) is 12.1. The normalized spacial score (nSPS) is 28.9. The number of hydrogen-bond acceptors (Lipinski definition) is 2. The molecular weight excluding hydrogens is 208 g/mol. The van der Waals surface area contributed by atoms with E-state index < -0.39 is 0 Å². The topological polar surface area (TPSA) is 15.3 Å². The quantitative estimate of drug-likeness (QED) is 0.765. The summed E-state index contributed by atoms with van der Waals surface area (Å²) < 4.78 is 0. The monoisotopic (exact) mass is 238 g/mol. The van der Waals surface area contributed by atoms with Gasteiger partial charge in [0.1, 0.15) is 0 Å². The second kappa shape index (κ2) is 6.19. The van der Waals surface area contributed by atoms with Crippen LogP contribution in [0, 0.1) is 5.41 Å². The molecule has 2 heteroatoms. The Labute approximate surface area is 107 Å². The molecule has 17 heavy (non-hydrogen) atoms. The number of hydrogen-bond donors (Lipinski definition) is 1. The van der Waals surface area contributed by atoms with Crippen LogP contribution in [0.1, 0.15) is 58.8 Å². The Morgan fingerprint density at radius 2 is 2.00 bits per heavy atom. The third-order valence-electron chi connectivity index (χ3n) is 4.93. The maximum Gasteiger partial charge on any atom is 0.0207 e. The van der Waals surface area contributed by atoms with Gasteiger partial charge in [0.2, 0.25) is 0 Å². The predicted octanol–water partition coefficient (Wildman–Crippen LogP) is 3.03. The van der Waals surface area contributed by atoms with Crippen LogP contribution in [0.5, 0.6) is 0 Å². The molecule has 2 rings (SSSR count). The Balaban J connectivity index is 1.76. The lowest BCUT2D eigenvalue weighted by molar-refractivity contribution is 0.168. The van der Waals surface area contributed by atoms with Gasteiger partial charge in [0.25, 0.3) is 0 Å². The molecule has 1 atom stereocenters. The van der Waals surface area contributed by atoms with Crippen LogP contribution in [-0.4, -0.2) is 37.1 Å². The summed E-state index contributed by atoms with van der Waals surface area (Å²) >= 11 is 0. The zero-order valence-corrected chi connectivity index (χ0v) is 11.8. The van der Waals surface area contributed by atoms with Crippen LogP contribution in [-0.2, 0) is 0 Å². The standard InChI is InChI=1S/C15H30N2/c1-3-10-16-14-7-11-17(12-14)13-15(4-2)8-5-6-9-15/h14,16H,3-13H2,1-2H3. The van der Waals surface area contributed by atoms with Crippen molar-refractivity contribution in [3.05, 3.63) is 0 Å². The van der Waals surface area contributed by atoms with E-state index in [1.807, 2.05) is 0 Å². The van der Waals surface area contributed by atoms with Crippen molar-refractivity contribution in [2.24, 2.45) is 5.41 Å². The number of likely N-dealkylation sites (tertiary alicyclic amines) is 1. The fraction of sp³-hybridized carbons (Fsp3) is 1.00. The van der Waals surface area contributed by atoms with E-state index in [1.54, 1.807) is 0 Å². The molecule has 0 spiro atoms. The maximum absolute atomic E-state index is 3.68. The van der Waals surface area contributed by atoms with E-state index in [0.29, 0.717) is 5.41 Å². The Morgan fingerprint density at radius 3 is 2.65 bits per heavy atom. The molecule has 0 amide bonds. The first kappa shape index (κ1) is 13.4. The van der Waals surface area contributed by atoms with Gasteiger partial charge in [0.15, 0.2) is 0 Å². The Morgan fingerprint density at radius 1 is 1.24 bits per heavy atom. The lowest BCUT2D eigenvalue weighted by atomic mass is 9.83. The molecule has 0 aromatic carbocycles. The molecule has 1 N–H and O–H groups in total. The first-order valence-electron chi connectivity index (χ1n) is 7.74. The van der Waals surface area contributed by atoms with Gasteiger partial charge in [-0.1, -0.05) is 26.7 Å². The van der Waals surface area contributed by atoms with E-state index in [-0.39, 0.29) is 0 Å². The molecule has 1 saturated heterocycles. The summed E-state index contributed by atoms with van der Waals surface area (Å²) in [5.41, 5.74) is 0.680. The van der Waals surface area contributed by atoms with E-state index in [2.05, 4.69) is 24.1 Å². The molecule has 0 bridgehead atoms. The highest BCUT2D eigenvalue weighted by Crippen LogP contribution is 2.41. The van der Waals surface area contributed by atoms with Crippen molar-refractivity contribution in [1.82, 2.24) is 10.2 Å². The van der Waals surface area contributed by atoms with Crippen molar-refractivity contribution < 1.29 is 0 Å². The summed E-state index contributed by atoms with van der Waals surface area (Å²) in [4.78, 5) is 2.72. The van der Waals surface area contributed by atoms with Crippen molar-refractivity contribution >= 4 is 0 Å². The van der Waals surface area contributed by atoms with Gasteiger partial charge >= 0.3 is 0 Å². The van der Waals surface area contributed by atoms with Crippen LogP contribution in [0.2, 0.25) is 0 Å². The van der Waals surface area contributed by atoms with Gasteiger partial charge in [0.05, 0.1) is 0 Å². The van der Waals surface area contributed by atoms with Crippen molar-refractivity contribution in [1.29, 1.82) is 0 Å². The second-order valence-electron chi connectivity index (χ2n) is 6.24. The molecule has 100 valence electrons. The Hall–Kier alpha value is -0.0800. The summed E-state index contributed by atoms with van der Waals surface area (Å²) in [7, 11) is 0. The predicted molar refractivity (Wildman–Crippen MR) is 74.3 cm³/mol. The van der Waals surface area contributed by atoms with E-state index in [1.165, 1.54) is 71.1 Å². The lowest BCUT2D eigenvalue weighted by Gasteiger charge is -2.32. The fourth-order valence-corrected chi connectivity index (χ4v) is 3.71. The third kappa shape index (κ3) is 3.45. The van der Waals surface area contributed by atoms with Gasteiger partial charge in [0, 0.05) is 19.1 Å².